The number of hydrogen-bond acceptors (Lipinski definition) is 6. The normalized spacial score (nSPS) is 20.3. The van der Waals surface area contributed by atoms with Crippen molar-refractivity contribution < 1.29 is 9.18 Å². The highest BCUT2D eigenvalue weighted by atomic mass is 19.1. The van der Waals surface area contributed by atoms with E-state index in [9.17, 15) is 14.0 Å². The number of H-pyrrole nitrogens is 1. The molecule has 1 amide bonds. The van der Waals surface area contributed by atoms with Gasteiger partial charge in [-0.25, -0.2) is 9.37 Å². The number of aromatic amines is 1. The number of pyridine rings is 3. The smallest absolute Gasteiger partial charge is 0.272 e. The maximum atomic E-state index is 14.4. The highest BCUT2D eigenvalue weighted by Gasteiger charge is 2.49. The molecule has 9 heteroatoms. The molecule has 1 saturated heterocycles. The molecule has 4 heterocycles. The van der Waals surface area contributed by atoms with Gasteiger partial charge in [0.2, 0.25) is 0 Å². The Hall–Kier alpha value is -3.33. The Morgan fingerprint density at radius 2 is 2.06 bits per heavy atom. The Labute approximate surface area is 184 Å². The molecule has 0 radical (unpaired) electrons. The standard InChI is InChI=1S/C23H25FN6O2/c1-3-14-7-17-18(28-22(14)31)6-13(10-26-17)12-29-4-5-30(20-9-19(20)29)15-8-16(24)21(27-11-15)23(32)25-2/h6-8,10-11,19-20H,3-5,9,12H2,1-2H3,(H,25,32)(H,28,31)/t19-,20+/m1/s1. The van der Waals surface area contributed by atoms with E-state index >= 15 is 0 Å². The molecule has 1 saturated carbocycles. The van der Waals surface area contributed by atoms with Crippen molar-refractivity contribution in [2.45, 2.75) is 38.4 Å². The van der Waals surface area contributed by atoms with Gasteiger partial charge in [0.25, 0.3) is 11.5 Å². The largest absolute Gasteiger partial charge is 0.364 e. The maximum absolute atomic E-state index is 14.4. The van der Waals surface area contributed by atoms with Crippen molar-refractivity contribution in [1.29, 1.82) is 0 Å². The molecule has 2 aliphatic rings. The molecule has 2 atom stereocenters. The van der Waals surface area contributed by atoms with E-state index in [2.05, 4.69) is 30.1 Å². The zero-order valence-corrected chi connectivity index (χ0v) is 18.1. The van der Waals surface area contributed by atoms with E-state index in [4.69, 9.17) is 0 Å². The van der Waals surface area contributed by atoms with Crippen molar-refractivity contribution in [2.24, 2.45) is 0 Å². The number of nitrogens with zero attached hydrogens (tertiary/aromatic N) is 4. The van der Waals surface area contributed by atoms with Crippen LogP contribution in [0.4, 0.5) is 10.1 Å². The molecule has 166 valence electrons. The maximum Gasteiger partial charge on any atom is 0.272 e. The summed E-state index contributed by atoms with van der Waals surface area (Å²) >= 11 is 0. The first-order valence-corrected chi connectivity index (χ1v) is 10.9. The molecule has 0 bridgehead atoms. The van der Waals surface area contributed by atoms with Crippen LogP contribution in [0.2, 0.25) is 0 Å². The fourth-order valence-corrected chi connectivity index (χ4v) is 4.60. The summed E-state index contributed by atoms with van der Waals surface area (Å²) in [5, 5.41) is 2.40. The summed E-state index contributed by atoms with van der Waals surface area (Å²) in [6.45, 7) is 4.28. The van der Waals surface area contributed by atoms with Crippen LogP contribution in [-0.4, -0.2) is 58.0 Å². The molecule has 2 fully saturated rings. The number of fused-ring (bicyclic) bond motifs is 2. The fourth-order valence-electron chi connectivity index (χ4n) is 4.60. The van der Waals surface area contributed by atoms with E-state index in [-0.39, 0.29) is 11.3 Å². The van der Waals surface area contributed by atoms with Crippen LogP contribution in [0.5, 0.6) is 0 Å². The van der Waals surface area contributed by atoms with Crippen LogP contribution in [0.15, 0.2) is 35.4 Å². The first-order chi connectivity index (χ1) is 15.5. The minimum absolute atomic E-state index is 0.0573. The molecule has 2 N–H and O–H groups in total. The lowest BCUT2D eigenvalue weighted by Gasteiger charge is -2.35. The number of rotatable bonds is 5. The van der Waals surface area contributed by atoms with Gasteiger partial charge in [-0.2, -0.15) is 0 Å². The van der Waals surface area contributed by atoms with Crippen LogP contribution < -0.4 is 15.8 Å². The van der Waals surface area contributed by atoms with Gasteiger partial charge in [-0.3, -0.25) is 19.5 Å². The van der Waals surface area contributed by atoms with Crippen molar-refractivity contribution in [1.82, 2.24) is 25.2 Å². The minimum Gasteiger partial charge on any atom is -0.364 e. The van der Waals surface area contributed by atoms with E-state index in [0.717, 1.165) is 48.2 Å². The van der Waals surface area contributed by atoms with Gasteiger partial charge in [-0.1, -0.05) is 6.92 Å². The van der Waals surface area contributed by atoms with E-state index in [1.807, 2.05) is 25.3 Å². The first kappa shape index (κ1) is 20.6. The van der Waals surface area contributed by atoms with Crippen molar-refractivity contribution in [3.8, 4) is 0 Å². The molecule has 0 spiro atoms. The second-order valence-corrected chi connectivity index (χ2v) is 8.39. The summed E-state index contributed by atoms with van der Waals surface area (Å²) in [7, 11) is 1.45. The summed E-state index contributed by atoms with van der Waals surface area (Å²) in [6, 6.07) is 5.94. The van der Waals surface area contributed by atoms with Crippen LogP contribution in [0.25, 0.3) is 11.0 Å². The molecule has 5 rings (SSSR count). The lowest BCUT2D eigenvalue weighted by molar-refractivity contribution is 0.0953. The van der Waals surface area contributed by atoms with Gasteiger partial charge in [0.1, 0.15) is 0 Å². The Morgan fingerprint density at radius 3 is 2.81 bits per heavy atom. The van der Waals surface area contributed by atoms with Crippen LogP contribution in [0.3, 0.4) is 0 Å². The van der Waals surface area contributed by atoms with Gasteiger partial charge in [-0.15, -0.1) is 0 Å². The summed E-state index contributed by atoms with van der Waals surface area (Å²) in [4.78, 5) is 39.9. The van der Waals surface area contributed by atoms with Gasteiger partial charge in [0, 0.05) is 56.6 Å². The summed E-state index contributed by atoms with van der Waals surface area (Å²) in [5.74, 6) is -1.14. The third-order valence-electron chi connectivity index (χ3n) is 6.41. The number of hydrogen-bond donors (Lipinski definition) is 2. The van der Waals surface area contributed by atoms with Gasteiger partial charge >= 0.3 is 0 Å². The number of aromatic nitrogens is 3. The van der Waals surface area contributed by atoms with Crippen LogP contribution in [0, 0.1) is 5.82 Å². The molecule has 3 aromatic rings. The molecule has 3 aromatic heterocycles. The third kappa shape index (κ3) is 3.62. The third-order valence-corrected chi connectivity index (χ3v) is 6.41. The second kappa shape index (κ2) is 7.98. The lowest BCUT2D eigenvalue weighted by Crippen LogP contribution is -2.46. The zero-order chi connectivity index (χ0) is 22.4. The fraction of sp³-hybridized carbons (Fsp3) is 0.391. The van der Waals surface area contributed by atoms with Crippen LogP contribution >= 0.6 is 0 Å². The molecular weight excluding hydrogens is 411 g/mol. The average Bonchev–Trinajstić information content (AvgIpc) is 3.59. The van der Waals surface area contributed by atoms with E-state index in [1.54, 1.807) is 6.20 Å². The molecule has 0 unspecified atom stereocenters. The SMILES string of the molecule is CCc1cc2ncc(CN3CCN(c4cnc(C(=O)NC)c(F)c4)[C@H]4C[C@H]43)cc2[nH]c1=O. The Morgan fingerprint density at radius 1 is 1.22 bits per heavy atom. The number of nitrogens with one attached hydrogen (secondary N) is 2. The molecular formula is C23H25FN6O2. The second-order valence-electron chi connectivity index (χ2n) is 8.39. The molecule has 1 aliphatic heterocycles. The minimum atomic E-state index is -0.607. The lowest BCUT2D eigenvalue weighted by atomic mass is 10.1. The van der Waals surface area contributed by atoms with Gasteiger partial charge < -0.3 is 15.2 Å². The quantitative estimate of drug-likeness (QED) is 0.634. The van der Waals surface area contributed by atoms with Crippen molar-refractivity contribution >= 4 is 22.6 Å². The Kier molecular flexibility index (Phi) is 5.13. The molecule has 8 nitrogen and oxygen atoms in total. The average molecular weight is 436 g/mol. The van der Waals surface area contributed by atoms with E-state index in [0.29, 0.717) is 24.2 Å². The van der Waals surface area contributed by atoms with Crippen molar-refractivity contribution in [3.63, 3.8) is 0 Å². The molecule has 0 aromatic carbocycles. The van der Waals surface area contributed by atoms with Gasteiger partial charge in [0.15, 0.2) is 11.5 Å². The Bertz CT molecular complexity index is 1260. The summed E-state index contributed by atoms with van der Waals surface area (Å²) in [6.07, 6.45) is 5.13. The van der Waals surface area contributed by atoms with Crippen molar-refractivity contribution in [2.75, 3.05) is 25.0 Å². The number of piperazine rings is 1. The van der Waals surface area contributed by atoms with Crippen LogP contribution in [0.1, 0.15) is 35.0 Å². The number of aryl methyl sites for hydroxylation is 1. The molecule has 1 aliphatic carbocycles. The van der Waals surface area contributed by atoms with Gasteiger partial charge in [0.05, 0.1) is 22.9 Å². The number of carbonyl (C=O) groups is 1. The van der Waals surface area contributed by atoms with Crippen molar-refractivity contribution in [3.05, 3.63) is 63.6 Å². The number of carbonyl (C=O) groups excluding carboxylic acids is 1. The summed E-state index contributed by atoms with van der Waals surface area (Å²) < 4.78 is 14.4. The predicted octanol–water partition coefficient (Wildman–Crippen LogP) is 1.84. The molecule has 32 heavy (non-hydrogen) atoms. The highest BCUT2D eigenvalue weighted by molar-refractivity contribution is 5.92. The van der Waals surface area contributed by atoms with E-state index in [1.165, 1.54) is 13.1 Å². The number of halogens is 1. The van der Waals surface area contributed by atoms with E-state index < -0.39 is 11.7 Å². The zero-order valence-electron chi connectivity index (χ0n) is 18.1. The monoisotopic (exact) mass is 436 g/mol. The van der Waals surface area contributed by atoms with Gasteiger partial charge in [-0.05, 0) is 30.5 Å². The number of anilines is 1. The first-order valence-electron chi connectivity index (χ1n) is 10.9. The van der Waals surface area contributed by atoms with Crippen LogP contribution in [-0.2, 0) is 13.0 Å². The Balaban J connectivity index is 1.29. The topological polar surface area (TPSA) is 94.2 Å². The highest BCUT2D eigenvalue weighted by Crippen LogP contribution is 2.40. The number of amides is 1. The predicted molar refractivity (Wildman–Crippen MR) is 119 cm³/mol. The summed E-state index contributed by atoms with van der Waals surface area (Å²) in [5.41, 5.74) is 3.82.